The number of para-hydroxylation sites is 2. The molecule has 176 valence electrons. The Hall–Kier alpha value is -2.37. The van der Waals surface area contributed by atoms with E-state index in [1.807, 2.05) is 64.1 Å². The highest BCUT2D eigenvalue weighted by Crippen LogP contribution is 2.34. The van der Waals surface area contributed by atoms with E-state index in [9.17, 15) is 4.79 Å². The summed E-state index contributed by atoms with van der Waals surface area (Å²) in [6.45, 7) is 13.3. The summed E-state index contributed by atoms with van der Waals surface area (Å²) in [5.74, 6) is 0.979. The van der Waals surface area contributed by atoms with Gasteiger partial charge < -0.3 is 18.9 Å². The second kappa shape index (κ2) is 13.2. The number of carbonyl (C=O) groups is 1. The monoisotopic (exact) mass is 442 g/mol. The standard InChI is InChI=1S/C27H38O5/c1-7-9-17-29-21(5)23-15-11-13-19(3)25(23)31-27(28)32-26-20(4)14-12-16-24(26)22(6)30-18-10-8-2/h11-16,21-22H,7-10,17-18H2,1-6H3. The average Bonchev–Trinajstić information content (AvgIpc) is 2.76. The second-order valence-corrected chi connectivity index (χ2v) is 8.17. The number of ether oxygens (including phenoxy) is 4. The highest BCUT2D eigenvalue weighted by molar-refractivity contribution is 5.69. The van der Waals surface area contributed by atoms with Crippen molar-refractivity contribution in [2.75, 3.05) is 13.2 Å². The number of rotatable bonds is 12. The van der Waals surface area contributed by atoms with Gasteiger partial charge in [0.1, 0.15) is 11.5 Å². The van der Waals surface area contributed by atoms with Gasteiger partial charge in [-0.05, 0) is 51.7 Å². The first-order chi connectivity index (χ1) is 15.4. The molecule has 0 fully saturated rings. The van der Waals surface area contributed by atoms with E-state index in [1.54, 1.807) is 0 Å². The van der Waals surface area contributed by atoms with Crippen LogP contribution in [0.4, 0.5) is 4.79 Å². The fourth-order valence-electron chi connectivity index (χ4n) is 3.45. The van der Waals surface area contributed by atoms with E-state index in [0.29, 0.717) is 24.7 Å². The third kappa shape index (κ3) is 7.35. The number of aryl methyl sites for hydroxylation is 2. The van der Waals surface area contributed by atoms with Gasteiger partial charge in [0.2, 0.25) is 0 Å². The first-order valence-electron chi connectivity index (χ1n) is 11.7. The summed E-state index contributed by atoms with van der Waals surface area (Å²) in [6, 6.07) is 11.6. The SMILES string of the molecule is CCCCOC(C)c1cccc(C)c1OC(=O)Oc1c(C)cccc1C(C)OCCCC. The number of hydrogen-bond acceptors (Lipinski definition) is 5. The lowest BCUT2D eigenvalue weighted by molar-refractivity contribution is 0.0602. The normalized spacial score (nSPS) is 12.9. The van der Waals surface area contributed by atoms with Gasteiger partial charge in [-0.2, -0.15) is 0 Å². The molecule has 0 saturated heterocycles. The molecule has 0 radical (unpaired) electrons. The lowest BCUT2D eigenvalue weighted by atomic mass is 10.1. The van der Waals surface area contributed by atoms with Crippen molar-refractivity contribution in [1.29, 1.82) is 0 Å². The van der Waals surface area contributed by atoms with E-state index in [2.05, 4.69) is 13.8 Å². The van der Waals surface area contributed by atoms with Crippen molar-refractivity contribution in [2.45, 2.75) is 79.4 Å². The second-order valence-electron chi connectivity index (χ2n) is 8.17. The summed E-state index contributed by atoms with van der Waals surface area (Å²) in [4.78, 5) is 12.8. The van der Waals surface area contributed by atoms with Crippen LogP contribution >= 0.6 is 0 Å². The topological polar surface area (TPSA) is 54.0 Å². The first kappa shape index (κ1) is 25.9. The molecule has 0 N–H and O–H groups in total. The van der Waals surface area contributed by atoms with Crippen LogP contribution in [0, 0.1) is 13.8 Å². The van der Waals surface area contributed by atoms with Crippen LogP contribution in [0.25, 0.3) is 0 Å². The van der Waals surface area contributed by atoms with Gasteiger partial charge in [0, 0.05) is 24.3 Å². The zero-order valence-electron chi connectivity index (χ0n) is 20.4. The molecular formula is C27H38O5. The van der Waals surface area contributed by atoms with Gasteiger partial charge in [-0.25, -0.2) is 4.79 Å². The molecule has 32 heavy (non-hydrogen) atoms. The van der Waals surface area contributed by atoms with Crippen molar-refractivity contribution in [3.8, 4) is 11.5 Å². The Kier molecular flexibility index (Phi) is 10.7. The molecule has 2 atom stereocenters. The molecule has 0 heterocycles. The van der Waals surface area contributed by atoms with Crippen LogP contribution in [0.15, 0.2) is 36.4 Å². The molecule has 2 aromatic rings. The number of hydrogen-bond donors (Lipinski definition) is 0. The molecule has 0 aromatic heterocycles. The van der Waals surface area contributed by atoms with E-state index in [-0.39, 0.29) is 12.2 Å². The Bertz CT molecular complexity index is 792. The van der Waals surface area contributed by atoms with Gasteiger partial charge >= 0.3 is 6.16 Å². The third-order valence-electron chi connectivity index (χ3n) is 5.46. The lowest BCUT2D eigenvalue weighted by Crippen LogP contribution is -2.18. The van der Waals surface area contributed by atoms with Gasteiger partial charge in [0.25, 0.3) is 0 Å². The van der Waals surface area contributed by atoms with Gasteiger partial charge in [-0.3, -0.25) is 0 Å². The summed E-state index contributed by atoms with van der Waals surface area (Å²) in [7, 11) is 0. The zero-order valence-corrected chi connectivity index (χ0v) is 20.4. The Balaban J connectivity index is 2.18. The van der Waals surface area contributed by atoms with Crippen molar-refractivity contribution in [3.05, 3.63) is 58.7 Å². The molecule has 0 bridgehead atoms. The predicted octanol–water partition coefficient (Wildman–Crippen LogP) is 7.64. The van der Waals surface area contributed by atoms with E-state index < -0.39 is 6.16 Å². The highest BCUT2D eigenvalue weighted by atomic mass is 16.7. The molecule has 2 rings (SSSR count). The van der Waals surface area contributed by atoms with Crippen molar-refractivity contribution in [3.63, 3.8) is 0 Å². The quantitative estimate of drug-likeness (QED) is 0.192. The molecule has 0 aliphatic carbocycles. The number of benzene rings is 2. The average molecular weight is 443 g/mol. The van der Waals surface area contributed by atoms with Crippen LogP contribution in [0.5, 0.6) is 11.5 Å². The van der Waals surface area contributed by atoms with Crippen molar-refractivity contribution < 1.29 is 23.7 Å². The van der Waals surface area contributed by atoms with Crippen molar-refractivity contribution in [2.24, 2.45) is 0 Å². The molecular weight excluding hydrogens is 404 g/mol. The summed E-state index contributed by atoms with van der Waals surface area (Å²) in [6.07, 6.45) is 2.96. The molecule has 5 nitrogen and oxygen atoms in total. The Labute approximate surface area is 193 Å². The molecule has 5 heteroatoms. The summed E-state index contributed by atoms with van der Waals surface area (Å²) < 4.78 is 23.3. The third-order valence-corrected chi connectivity index (χ3v) is 5.46. The minimum atomic E-state index is -0.766. The summed E-state index contributed by atoms with van der Waals surface area (Å²) in [5.41, 5.74) is 3.37. The molecule has 2 aromatic carbocycles. The largest absolute Gasteiger partial charge is 0.519 e. The van der Waals surface area contributed by atoms with Crippen LogP contribution < -0.4 is 9.47 Å². The van der Waals surface area contributed by atoms with E-state index in [0.717, 1.165) is 47.9 Å². The molecule has 0 saturated carbocycles. The van der Waals surface area contributed by atoms with Crippen molar-refractivity contribution in [1.82, 2.24) is 0 Å². The predicted molar refractivity (Wildman–Crippen MR) is 128 cm³/mol. The van der Waals surface area contributed by atoms with Crippen LogP contribution in [0.3, 0.4) is 0 Å². The Morgan fingerprint density at radius 2 is 1.16 bits per heavy atom. The summed E-state index contributed by atoms with van der Waals surface area (Å²) >= 11 is 0. The zero-order chi connectivity index (χ0) is 23.5. The van der Waals surface area contributed by atoms with Crippen LogP contribution in [-0.2, 0) is 9.47 Å². The highest BCUT2D eigenvalue weighted by Gasteiger charge is 2.21. The fraction of sp³-hybridized carbons (Fsp3) is 0.519. The van der Waals surface area contributed by atoms with Gasteiger partial charge in [-0.1, -0.05) is 63.1 Å². The first-order valence-corrected chi connectivity index (χ1v) is 11.7. The van der Waals surface area contributed by atoms with Gasteiger partial charge in [0.15, 0.2) is 0 Å². The van der Waals surface area contributed by atoms with E-state index in [1.165, 1.54) is 0 Å². The fourth-order valence-corrected chi connectivity index (χ4v) is 3.45. The van der Waals surface area contributed by atoms with Gasteiger partial charge in [-0.15, -0.1) is 0 Å². The molecule has 0 aliphatic rings. The lowest BCUT2D eigenvalue weighted by Gasteiger charge is -2.20. The molecule has 0 amide bonds. The number of unbranched alkanes of at least 4 members (excludes halogenated alkanes) is 2. The minimum absolute atomic E-state index is 0.190. The van der Waals surface area contributed by atoms with Crippen LogP contribution in [0.1, 0.15) is 87.8 Å². The summed E-state index contributed by atoms with van der Waals surface area (Å²) in [5, 5.41) is 0. The van der Waals surface area contributed by atoms with E-state index in [4.69, 9.17) is 18.9 Å². The number of carbonyl (C=O) groups excluding carboxylic acids is 1. The smallest absolute Gasteiger partial charge is 0.394 e. The maximum Gasteiger partial charge on any atom is 0.519 e. The maximum atomic E-state index is 12.8. The molecule has 0 aliphatic heterocycles. The Morgan fingerprint density at radius 1 is 0.750 bits per heavy atom. The van der Waals surface area contributed by atoms with Crippen LogP contribution in [0.2, 0.25) is 0 Å². The van der Waals surface area contributed by atoms with Crippen LogP contribution in [-0.4, -0.2) is 19.4 Å². The maximum absolute atomic E-state index is 12.8. The Morgan fingerprint density at radius 3 is 1.53 bits per heavy atom. The minimum Gasteiger partial charge on any atom is -0.394 e. The molecule has 2 unspecified atom stereocenters. The molecule has 0 spiro atoms. The van der Waals surface area contributed by atoms with Crippen molar-refractivity contribution >= 4 is 6.16 Å². The van der Waals surface area contributed by atoms with E-state index >= 15 is 0 Å². The van der Waals surface area contributed by atoms with Gasteiger partial charge in [0.05, 0.1) is 12.2 Å².